The lowest BCUT2D eigenvalue weighted by Crippen LogP contribution is -2.50. The number of nitrogens with one attached hydrogen (secondary N) is 2. The van der Waals surface area contributed by atoms with Gasteiger partial charge in [0.25, 0.3) is 0 Å². The van der Waals surface area contributed by atoms with Crippen molar-refractivity contribution in [1.82, 2.24) is 25.6 Å². The van der Waals surface area contributed by atoms with Gasteiger partial charge in [-0.1, -0.05) is 54.6 Å². The number of hydrogen-bond donors (Lipinski definition) is 2. The second-order valence-corrected chi connectivity index (χ2v) is 9.05. The molecule has 2 aliphatic rings. The fourth-order valence-corrected chi connectivity index (χ4v) is 5.08. The number of nitrogens with zero attached hydrogens (tertiary/aromatic N) is 3. The predicted octanol–water partition coefficient (Wildman–Crippen LogP) is 3.07. The first-order valence-electron chi connectivity index (χ1n) is 11.3. The fraction of sp³-hybridized carbons (Fsp3) is 0.520. The molecule has 4 rings (SSSR count). The van der Waals surface area contributed by atoms with Crippen LogP contribution >= 0.6 is 0 Å². The van der Waals surface area contributed by atoms with Gasteiger partial charge in [-0.3, -0.25) is 4.90 Å². The van der Waals surface area contributed by atoms with Crippen LogP contribution in [-0.4, -0.2) is 61.8 Å². The van der Waals surface area contributed by atoms with E-state index < -0.39 is 0 Å². The van der Waals surface area contributed by atoms with E-state index >= 15 is 0 Å². The van der Waals surface area contributed by atoms with Crippen molar-refractivity contribution in [3.63, 3.8) is 0 Å². The topological polar surface area (TPSA) is 33.8 Å². The lowest BCUT2D eigenvalue weighted by molar-refractivity contribution is 0.0597. The standard InChI is InChI=1S/C25H37N5/c1-26-14-15-28(2)17-21-10-7-11-22(16-21)24-13-12-23-19-30(27-25(23)29(24)3)18-20-8-5-4-6-9-20/h4-11,16,23-27H,12-15,17-19H2,1-3H3. The molecule has 0 saturated carbocycles. The zero-order valence-electron chi connectivity index (χ0n) is 18.7. The smallest absolute Gasteiger partial charge is 0.0775 e. The number of hydrogen-bond acceptors (Lipinski definition) is 5. The summed E-state index contributed by atoms with van der Waals surface area (Å²) < 4.78 is 0. The average molecular weight is 408 g/mol. The molecule has 162 valence electrons. The molecular weight excluding hydrogens is 370 g/mol. The lowest BCUT2D eigenvalue weighted by Gasteiger charge is -2.41. The SMILES string of the molecule is CNCCN(C)Cc1cccc(C2CCC3CN(Cc4ccccc4)NC3N2C)c1. The maximum atomic E-state index is 3.80. The summed E-state index contributed by atoms with van der Waals surface area (Å²) in [6, 6.07) is 20.5. The quantitative estimate of drug-likeness (QED) is 0.703. The van der Waals surface area contributed by atoms with Gasteiger partial charge in [-0.25, -0.2) is 10.4 Å². The highest BCUT2D eigenvalue weighted by Gasteiger charge is 2.41. The van der Waals surface area contributed by atoms with Gasteiger partial charge in [0.15, 0.2) is 0 Å². The maximum absolute atomic E-state index is 3.80. The first kappa shape index (κ1) is 21.5. The van der Waals surface area contributed by atoms with Crippen LogP contribution in [0.1, 0.15) is 35.6 Å². The van der Waals surface area contributed by atoms with Crippen LogP contribution in [0.25, 0.3) is 0 Å². The summed E-state index contributed by atoms with van der Waals surface area (Å²) in [5.41, 5.74) is 8.04. The van der Waals surface area contributed by atoms with Gasteiger partial charge in [-0.2, -0.15) is 0 Å². The normalized spacial score (nSPS) is 25.0. The zero-order valence-corrected chi connectivity index (χ0v) is 18.7. The number of likely N-dealkylation sites (N-methyl/N-ethyl adjacent to an activating group) is 2. The summed E-state index contributed by atoms with van der Waals surface area (Å²) >= 11 is 0. The second kappa shape index (κ2) is 10.0. The van der Waals surface area contributed by atoms with Crippen molar-refractivity contribution in [3.05, 3.63) is 71.3 Å². The van der Waals surface area contributed by atoms with Crippen LogP contribution in [0.5, 0.6) is 0 Å². The molecule has 2 aliphatic heterocycles. The Labute approximate surface area is 182 Å². The molecule has 0 radical (unpaired) electrons. The van der Waals surface area contributed by atoms with E-state index in [-0.39, 0.29) is 0 Å². The zero-order chi connectivity index (χ0) is 20.9. The van der Waals surface area contributed by atoms with Crippen molar-refractivity contribution in [2.24, 2.45) is 5.92 Å². The third kappa shape index (κ3) is 5.10. The first-order chi connectivity index (χ1) is 14.6. The van der Waals surface area contributed by atoms with E-state index in [4.69, 9.17) is 0 Å². The van der Waals surface area contributed by atoms with Crippen molar-refractivity contribution in [2.45, 2.75) is 38.1 Å². The van der Waals surface area contributed by atoms with E-state index in [1.165, 1.54) is 29.5 Å². The number of rotatable bonds is 8. The molecule has 30 heavy (non-hydrogen) atoms. The van der Waals surface area contributed by atoms with Crippen molar-refractivity contribution in [3.8, 4) is 0 Å². The van der Waals surface area contributed by atoms with Gasteiger partial charge >= 0.3 is 0 Å². The molecular formula is C25H37N5. The fourth-order valence-electron chi connectivity index (χ4n) is 5.08. The van der Waals surface area contributed by atoms with Gasteiger partial charge in [0.05, 0.1) is 6.17 Å². The Kier molecular flexibility index (Phi) is 7.18. The van der Waals surface area contributed by atoms with E-state index in [1.54, 1.807) is 0 Å². The highest BCUT2D eigenvalue weighted by Crippen LogP contribution is 2.38. The molecule has 3 atom stereocenters. The molecule has 0 bridgehead atoms. The molecule has 0 amide bonds. The average Bonchev–Trinajstić information content (AvgIpc) is 3.17. The van der Waals surface area contributed by atoms with Gasteiger partial charge in [-0.15, -0.1) is 0 Å². The van der Waals surface area contributed by atoms with Crippen molar-refractivity contribution in [2.75, 3.05) is 40.8 Å². The van der Waals surface area contributed by atoms with Gasteiger partial charge in [0.1, 0.15) is 0 Å². The molecule has 0 aromatic heterocycles. The Morgan fingerprint density at radius 3 is 2.67 bits per heavy atom. The minimum absolute atomic E-state index is 0.425. The van der Waals surface area contributed by atoms with Crippen LogP contribution in [0.2, 0.25) is 0 Å². The highest BCUT2D eigenvalue weighted by molar-refractivity contribution is 5.27. The minimum Gasteiger partial charge on any atom is -0.318 e. The summed E-state index contributed by atoms with van der Waals surface area (Å²) in [4.78, 5) is 4.96. The Morgan fingerprint density at radius 1 is 1.07 bits per heavy atom. The Bertz CT molecular complexity index is 795. The van der Waals surface area contributed by atoms with E-state index in [9.17, 15) is 0 Å². The third-order valence-electron chi connectivity index (χ3n) is 6.71. The molecule has 2 saturated heterocycles. The van der Waals surface area contributed by atoms with Crippen molar-refractivity contribution in [1.29, 1.82) is 0 Å². The van der Waals surface area contributed by atoms with E-state index in [0.29, 0.717) is 18.1 Å². The molecule has 2 aromatic rings. The highest BCUT2D eigenvalue weighted by atomic mass is 15.6. The van der Waals surface area contributed by atoms with Gasteiger partial charge in [-0.05, 0) is 50.7 Å². The first-order valence-corrected chi connectivity index (χ1v) is 11.3. The van der Waals surface area contributed by atoms with E-state index in [2.05, 4.69) is 94.2 Å². The monoisotopic (exact) mass is 407 g/mol. The van der Waals surface area contributed by atoms with E-state index in [0.717, 1.165) is 32.7 Å². The molecule has 0 spiro atoms. The second-order valence-electron chi connectivity index (χ2n) is 9.05. The van der Waals surface area contributed by atoms with Gasteiger partial charge in [0, 0.05) is 44.7 Å². The van der Waals surface area contributed by atoms with Crippen molar-refractivity contribution >= 4 is 0 Å². The van der Waals surface area contributed by atoms with Gasteiger partial charge < -0.3 is 10.2 Å². The molecule has 0 aliphatic carbocycles. The summed E-state index contributed by atoms with van der Waals surface area (Å²) in [6.07, 6.45) is 2.94. The third-order valence-corrected chi connectivity index (χ3v) is 6.71. The molecule has 2 heterocycles. The molecule has 3 unspecified atom stereocenters. The lowest BCUT2D eigenvalue weighted by atomic mass is 9.87. The van der Waals surface area contributed by atoms with Crippen LogP contribution < -0.4 is 10.7 Å². The molecule has 2 aromatic carbocycles. The molecule has 5 heteroatoms. The summed E-state index contributed by atoms with van der Waals surface area (Å²) in [5, 5.41) is 5.65. The molecule has 2 fully saturated rings. The Morgan fingerprint density at radius 2 is 1.87 bits per heavy atom. The van der Waals surface area contributed by atoms with Crippen LogP contribution in [0, 0.1) is 5.92 Å². The molecule has 2 N–H and O–H groups in total. The largest absolute Gasteiger partial charge is 0.318 e. The number of piperidine rings is 1. The molecule has 5 nitrogen and oxygen atoms in total. The van der Waals surface area contributed by atoms with Crippen LogP contribution in [-0.2, 0) is 13.1 Å². The summed E-state index contributed by atoms with van der Waals surface area (Å²) in [5.74, 6) is 0.700. The van der Waals surface area contributed by atoms with Crippen molar-refractivity contribution < 1.29 is 0 Å². The van der Waals surface area contributed by atoms with E-state index in [1.807, 2.05) is 7.05 Å². The number of benzene rings is 2. The van der Waals surface area contributed by atoms with Crippen LogP contribution in [0.3, 0.4) is 0 Å². The number of fused-ring (bicyclic) bond motifs is 1. The predicted molar refractivity (Wildman–Crippen MR) is 124 cm³/mol. The number of likely N-dealkylation sites (tertiary alicyclic amines) is 1. The number of hydrazine groups is 1. The van der Waals surface area contributed by atoms with Crippen LogP contribution in [0.4, 0.5) is 0 Å². The van der Waals surface area contributed by atoms with Gasteiger partial charge in [0.2, 0.25) is 0 Å². The Hall–Kier alpha value is -1.76. The summed E-state index contributed by atoms with van der Waals surface area (Å²) in [7, 11) is 6.51. The minimum atomic E-state index is 0.425. The maximum Gasteiger partial charge on any atom is 0.0775 e. The Balaban J connectivity index is 1.39. The van der Waals surface area contributed by atoms with Crippen LogP contribution in [0.15, 0.2) is 54.6 Å². The summed E-state index contributed by atoms with van der Waals surface area (Å²) in [6.45, 7) is 5.19.